The molecule has 1 amide bonds. The largest absolute Gasteiger partial charge is 0.443 e. The Bertz CT molecular complexity index is 828. The van der Waals surface area contributed by atoms with Gasteiger partial charge in [0, 0.05) is 30.7 Å². The summed E-state index contributed by atoms with van der Waals surface area (Å²) in [5.41, 5.74) is 7.49. The molecule has 0 atom stereocenters. The third-order valence-electron chi connectivity index (χ3n) is 7.25. The van der Waals surface area contributed by atoms with Crippen LogP contribution in [0.1, 0.15) is 64.1 Å². The van der Waals surface area contributed by atoms with Crippen LogP contribution < -0.4 is 5.73 Å². The number of piperidine rings is 1. The predicted molar refractivity (Wildman–Crippen MR) is 117 cm³/mol. The van der Waals surface area contributed by atoms with Crippen molar-refractivity contribution in [3.63, 3.8) is 0 Å². The Morgan fingerprint density at radius 2 is 1.76 bits per heavy atom. The first kappa shape index (κ1) is 20.3. The van der Waals surface area contributed by atoms with Crippen LogP contribution in [0.3, 0.4) is 0 Å². The number of primary amides is 1. The molecule has 2 heterocycles. The molecule has 1 aromatic carbocycles. The van der Waals surface area contributed by atoms with Crippen LogP contribution in [0.25, 0.3) is 10.9 Å². The van der Waals surface area contributed by atoms with E-state index < -0.39 is 6.09 Å². The Balaban J connectivity index is 1.44. The minimum Gasteiger partial charge on any atom is -0.443 e. The molecule has 158 valence electrons. The zero-order valence-corrected chi connectivity index (χ0v) is 17.8. The standard InChI is InChI=1S/C24H35N3O2/c1-17(2)18-7-9-20(10-8-18)26-13-11-21(12-14-26)27-22(16-29-24(25)28)15-19-5-3-4-6-23(19)27/h3-6,15,17-18,20-21H,7-14,16H2,1-2H3,(H2,25,28). The highest BCUT2D eigenvalue weighted by molar-refractivity contribution is 5.81. The molecule has 2 aromatic rings. The lowest BCUT2D eigenvalue weighted by Crippen LogP contribution is -2.44. The number of aromatic nitrogens is 1. The van der Waals surface area contributed by atoms with Gasteiger partial charge in [-0.2, -0.15) is 0 Å². The maximum Gasteiger partial charge on any atom is 0.404 e. The molecule has 1 aromatic heterocycles. The number of hydrogen-bond acceptors (Lipinski definition) is 3. The van der Waals surface area contributed by atoms with Crippen molar-refractivity contribution in [1.29, 1.82) is 0 Å². The Labute approximate surface area is 174 Å². The molecule has 29 heavy (non-hydrogen) atoms. The SMILES string of the molecule is CC(C)C1CCC(N2CCC(n3c(COC(N)=O)cc4ccccc43)CC2)CC1. The first-order valence-corrected chi connectivity index (χ1v) is 11.3. The van der Waals surface area contributed by atoms with E-state index in [1.807, 2.05) is 0 Å². The van der Waals surface area contributed by atoms with Gasteiger partial charge in [-0.15, -0.1) is 0 Å². The number of nitrogens with zero attached hydrogens (tertiary/aromatic N) is 2. The highest BCUT2D eigenvalue weighted by atomic mass is 16.5. The topological polar surface area (TPSA) is 60.5 Å². The third kappa shape index (κ3) is 4.45. The van der Waals surface area contributed by atoms with Crippen molar-refractivity contribution in [2.24, 2.45) is 17.6 Å². The van der Waals surface area contributed by atoms with Gasteiger partial charge >= 0.3 is 6.09 Å². The van der Waals surface area contributed by atoms with Gasteiger partial charge < -0.3 is 19.9 Å². The Morgan fingerprint density at radius 1 is 1.07 bits per heavy atom. The van der Waals surface area contributed by atoms with Gasteiger partial charge in [-0.25, -0.2) is 4.79 Å². The molecular formula is C24H35N3O2. The molecule has 1 saturated heterocycles. The molecule has 2 fully saturated rings. The molecule has 5 nitrogen and oxygen atoms in total. The summed E-state index contributed by atoms with van der Waals surface area (Å²) >= 11 is 0. The predicted octanol–water partition coefficient (Wildman–Crippen LogP) is 5.09. The molecule has 4 rings (SSSR count). The fraction of sp³-hybridized carbons (Fsp3) is 0.625. The van der Waals surface area contributed by atoms with Crippen LogP contribution in [0, 0.1) is 11.8 Å². The van der Waals surface area contributed by atoms with E-state index in [2.05, 4.69) is 53.6 Å². The van der Waals surface area contributed by atoms with Crippen LogP contribution in [0.4, 0.5) is 4.79 Å². The van der Waals surface area contributed by atoms with Crippen molar-refractivity contribution in [1.82, 2.24) is 9.47 Å². The van der Waals surface area contributed by atoms with Gasteiger partial charge in [0.1, 0.15) is 6.61 Å². The summed E-state index contributed by atoms with van der Waals surface area (Å²) in [5, 5.41) is 1.20. The molecule has 2 aliphatic rings. The first-order valence-electron chi connectivity index (χ1n) is 11.3. The fourth-order valence-electron chi connectivity index (χ4n) is 5.56. The maximum absolute atomic E-state index is 11.1. The Morgan fingerprint density at radius 3 is 2.41 bits per heavy atom. The lowest BCUT2D eigenvalue weighted by atomic mass is 9.79. The van der Waals surface area contributed by atoms with E-state index >= 15 is 0 Å². The fourth-order valence-corrected chi connectivity index (χ4v) is 5.56. The third-order valence-corrected chi connectivity index (χ3v) is 7.25. The number of nitrogens with two attached hydrogens (primary N) is 1. The number of ether oxygens (including phenoxy) is 1. The van der Waals surface area contributed by atoms with Crippen molar-refractivity contribution in [2.75, 3.05) is 13.1 Å². The molecule has 0 spiro atoms. The zero-order chi connectivity index (χ0) is 20.4. The second kappa shape index (κ2) is 8.78. The van der Waals surface area contributed by atoms with Gasteiger partial charge in [-0.05, 0) is 67.9 Å². The molecular weight excluding hydrogens is 362 g/mol. The summed E-state index contributed by atoms with van der Waals surface area (Å²) in [5.74, 6) is 1.74. The van der Waals surface area contributed by atoms with Gasteiger partial charge in [0.05, 0.1) is 5.69 Å². The summed E-state index contributed by atoms with van der Waals surface area (Å²) < 4.78 is 7.54. The number of rotatable bonds is 5. The summed E-state index contributed by atoms with van der Waals surface area (Å²) in [4.78, 5) is 13.9. The number of para-hydroxylation sites is 1. The quantitative estimate of drug-likeness (QED) is 0.764. The number of benzene rings is 1. The zero-order valence-electron chi connectivity index (χ0n) is 17.8. The normalized spacial score (nSPS) is 24.2. The summed E-state index contributed by atoms with van der Waals surface area (Å²) in [7, 11) is 0. The smallest absolute Gasteiger partial charge is 0.404 e. The molecule has 5 heteroatoms. The summed E-state index contributed by atoms with van der Waals surface area (Å²) in [6.45, 7) is 7.30. The van der Waals surface area contributed by atoms with Crippen LogP contribution in [-0.4, -0.2) is 34.7 Å². The van der Waals surface area contributed by atoms with Crippen LogP contribution in [0.2, 0.25) is 0 Å². The van der Waals surface area contributed by atoms with E-state index in [0.717, 1.165) is 49.5 Å². The van der Waals surface area contributed by atoms with Crippen LogP contribution in [-0.2, 0) is 11.3 Å². The van der Waals surface area contributed by atoms with E-state index in [1.54, 1.807) is 0 Å². The van der Waals surface area contributed by atoms with Crippen molar-refractivity contribution in [2.45, 2.75) is 71.1 Å². The average molecular weight is 398 g/mol. The lowest BCUT2D eigenvalue weighted by Gasteiger charge is -2.42. The first-order chi connectivity index (χ1) is 14.0. The number of hydrogen-bond donors (Lipinski definition) is 1. The molecule has 0 unspecified atom stereocenters. The minimum absolute atomic E-state index is 0.240. The Hall–Kier alpha value is -2.01. The Kier molecular flexibility index (Phi) is 6.14. The number of carbonyl (C=O) groups is 1. The van der Waals surface area contributed by atoms with Crippen LogP contribution in [0.15, 0.2) is 30.3 Å². The van der Waals surface area contributed by atoms with Gasteiger partial charge in [-0.3, -0.25) is 0 Å². The highest BCUT2D eigenvalue weighted by Gasteiger charge is 2.31. The van der Waals surface area contributed by atoms with Crippen LogP contribution >= 0.6 is 0 Å². The summed E-state index contributed by atoms with van der Waals surface area (Å²) in [6.07, 6.45) is 7.07. The monoisotopic (exact) mass is 397 g/mol. The average Bonchev–Trinajstić information content (AvgIpc) is 3.11. The van der Waals surface area contributed by atoms with Crippen molar-refractivity contribution in [3.8, 4) is 0 Å². The molecule has 1 saturated carbocycles. The van der Waals surface area contributed by atoms with E-state index in [1.165, 1.54) is 36.6 Å². The van der Waals surface area contributed by atoms with E-state index in [0.29, 0.717) is 6.04 Å². The number of likely N-dealkylation sites (tertiary alicyclic amines) is 1. The van der Waals surface area contributed by atoms with Gasteiger partial charge in [0.2, 0.25) is 0 Å². The molecule has 1 aliphatic heterocycles. The second-order valence-corrected chi connectivity index (χ2v) is 9.25. The molecule has 0 radical (unpaired) electrons. The van der Waals surface area contributed by atoms with E-state index in [-0.39, 0.29) is 6.61 Å². The molecule has 0 bridgehead atoms. The lowest BCUT2D eigenvalue weighted by molar-refractivity contribution is 0.0876. The summed E-state index contributed by atoms with van der Waals surface area (Å²) in [6, 6.07) is 11.8. The number of carbonyl (C=O) groups excluding carboxylic acids is 1. The maximum atomic E-state index is 11.1. The minimum atomic E-state index is -0.714. The van der Waals surface area contributed by atoms with E-state index in [9.17, 15) is 4.79 Å². The van der Waals surface area contributed by atoms with Gasteiger partial charge in [-0.1, -0.05) is 32.0 Å². The second-order valence-electron chi connectivity index (χ2n) is 9.25. The van der Waals surface area contributed by atoms with Gasteiger partial charge in [0.25, 0.3) is 0 Å². The molecule has 1 aliphatic carbocycles. The van der Waals surface area contributed by atoms with E-state index in [4.69, 9.17) is 10.5 Å². The number of amides is 1. The van der Waals surface area contributed by atoms with Crippen molar-refractivity contribution >= 4 is 17.0 Å². The number of fused-ring (bicyclic) bond motifs is 1. The van der Waals surface area contributed by atoms with Crippen LogP contribution in [0.5, 0.6) is 0 Å². The van der Waals surface area contributed by atoms with Crippen molar-refractivity contribution < 1.29 is 9.53 Å². The van der Waals surface area contributed by atoms with Crippen molar-refractivity contribution in [3.05, 3.63) is 36.0 Å². The van der Waals surface area contributed by atoms with Gasteiger partial charge in [0.15, 0.2) is 0 Å². The molecule has 2 N–H and O–H groups in total. The highest BCUT2D eigenvalue weighted by Crippen LogP contribution is 2.36.